The van der Waals surface area contributed by atoms with E-state index in [4.69, 9.17) is 10.5 Å². The van der Waals surface area contributed by atoms with Gasteiger partial charge in [-0.2, -0.15) is 5.10 Å². The van der Waals surface area contributed by atoms with Crippen LogP contribution in [0.5, 0.6) is 5.75 Å². The van der Waals surface area contributed by atoms with E-state index in [1.165, 1.54) is 0 Å². The van der Waals surface area contributed by atoms with Gasteiger partial charge in [-0.3, -0.25) is 5.10 Å². The lowest BCUT2D eigenvalue weighted by atomic mass is 10.1. The summed E-state index contributed by atoms with van der Waals surface area (Å²) in [6.45, 7) is 0. The number of nitrogens with zero attached hydrogens (tertiary/aromatic N) is 2. The van der Waals surface area contributed by atoms with Gasteiger partial charge in [0, 0.05) is 12.1 Å². The summed E-state index contributed by atoms with van der Waals surface area (Å²) in [7, 11) is 1.64. The maximum Gasteiger partial charge on any atom is 0.184 e. The Morgan fingerprint density at radius 1 is 1.10 bits per heavy atom. The Kier molecular flexibility index (Phi) is 3.55. The third-order valence-electron chi connectivity index (χ3n) is 3.23. The van der Waals surface area contributed by atoms with Gasteiger partial charge in [0.15, 0.2) is 5.82 Å². The fourth-order valence-electron chi connectivity index (χ4n) is 2.15. The van der Waals surface area contributed by atoms with Crippen molar-refractivity contribution >= 4 is 5.69 Å². The summed E-state index contributed by atoms with van der Waals surface area (Å²) in [4.78, 5) is 4.53. The first-order chi connectivity index (χ1) is 10.3. The third-order valence-corrected chi connectivity index (χ3v) is 3.23. The Morgan fingerprint density at radius 3 is 2.62 bits per heavy atom. The van der Waals surface area contributed by atoms with Crippen LogP contribution < -0.4 is 10.5 Å². The Bertz CT molecular complexity index is 734. The normalized spacial score (nSPS) is 10.5. The molecule has 1 heterocycles. The summed E-state index contributed by atoms with van der Waals surface area (Å²) in [5, 5.41) is 7.24. The summed E-state index contributed by atoms with van der Waals surface area (Å²) in [5.41, 5.74) is 8.44. The molecule has 0 bridgehead atoms. The number of nitrogens with two attached hydrogens (primary N) is 1. The van der Waals surface area contributed by atoms with Crippen molar-refractivity contribution in [2.75, 3.05) is 12.8 Å². The molecule has 3 N–H and O–H groups in total. The Labute approximate surface area is 122 Å². The van der Waals surface area contributed by atoms with Gasteiger partial charge in [0.25, 0.3) is 0 Å². The number of benzene rings is 2. The first kappa shape index (κ1) is 13.2. The molecule has 3 aromatic rings. The molecule has 0 aliphatic rings. The number of methoxy groups -OCH3 is 1. The average molecular weight is 280 g/mol. The van der Waals surface area contributed by atoms with Crippen molar-refractivity contribution in [2.45, 2.75) is 6.42 Å². The van der Waals surface area contributed by atoms with E-state index in [-0.39, 0.29) is 0 Å². The van der Waals surface area contributed by atoms with Gasteiger partial charge in [0.2, 0.25) is 0 Å². The van der Waals surface area contributed by atoms with E-state index in [2.05, 4.69) is 15.2 Å². The maximum absolute atomic E-state index is 5.68. The highest BCUT2D eigenvalue weighted by Crippen LogP contribution is 2.26. The molecule has 0 atom stereocenters. The predicted molar refractivity (Wildman–Crippen MR) is 82.0 cm³/mol. The van der Waals surface area contributed by atoms with Crippen molar-refractivity contribution in [1.29, 1.82) is 0 Å². The molecule has 1 aromatic heterocycles. The summed E-state index contributed by atoms with van der Waals surface area (Å²) in [6, 6.07) is 15.4. The average Bonchev–Trinajstić information content (AvgIpc) is 2.98. The quantitative estimate of drug-likeness (QED) is 0.720. The van der Waals surface area contributed by atoms with Crippen molar-refractivity contribution in [3.63, 3.8) is 0 Å². The zero-order valence-electron chi connectivity index (χ0n) is 11.7. The Balaban J connectivity index is 1.84. The molecule has 5 heteroatoms. The highest BCUT2D eigenvalue weighted by atomic mass is 16.5. The van der Waals surface area contributed by atoms with Crippen molar-refractivity contribution in [3.8, 4) is 17.1 Å². The Hall–Kier alpha value is -2.82. The fourth-order valence-corrected chi connectivity index (χ4v) is 2.15. The van der Waals surface area contributed by atoms with E-state index in [1.54, 1.807) is 7.11 Å². The van der Waals surface area contributed by atoms with E-state index in [0.29, 0.717) is 12.2 Å². The zero-order chi connectivity index (χ0) is 14.7. The lowest BCUT2D eigenvalue weighted by molar-refractivity contribution is 0.416. The molecule has 21 heavy (non-hydrogen) atoms. The third kappa shape index (κ3) is 2.86. The number of aromatic amines is 1. The van der Waals surface area contributed by atoms with Crippen LogP contribution >= 0.6 is 0 Å². The second kappa shape index (κ2) is 5.66. The van der Waals surface area contributed by atoms with Crippen LogP contribution in [0.15, 0.2) is 48.5 Å². The molecule has 0 aliphatic heterocycles. The minimum Gasteiger partial charge on any atom is -0.496 e. The first-order valence-electron chi connectivity index (χ1n) is 6.65. The summed E-state index contributed by atoms with van der Waals surface area (Å²) < 4.78 is 5.33. The number of nitrogen functional groups attached to an aromatic ring is 1. The number of hydrogen-bond acceptors (Lipinski definition) is 4. The number of ether oxygens (including phenoxy) is 1. The molecule has 3 rings (SSSR count). The van der Waals surface area contributed by atoms with E-state index in [9.17, 15) is 0 Å². The number of nitrogens with one attached hydrogen (secondary N) is 1. The van der Waals surface area contributed by atoms with Crippen LogP contribution in [0.25, 0.3) is 11.4 Å². The van der Waals surface area contributed by atoms with Crippen molar-refractivity contribution in [2.24, 2.45) is 0 Å². The van der Waals surface area contributed by atoms with Crippen LogP contribution in [0.4, 0.5) is 5.69 Å². The van der Waals surface area contributed by atoms with Gasteiger partial charge >= 0.3 is 0 Å². The maximum atomic E-state index is 5.68. The lowest BCUT2D eigenvalue weighted by Crippen LogP contribution is -1.92. The van der Waals surface area contributed by atoms with Gasteiger partial charge in [-0.1, -0.05) is 24.3 Å². The van der Waals surface area contributed by atoms with E-state index in [1.807, 2.05) is 48.5 Å². The lowest BCUT2D eigenvalue weighted by Gasteiger charge is -2.03. The van der Waals surface area contributed by atoms with Crippen molar-refractivity contribution < 1.29 is 4.74 Å². The van der Waals surface area contributed by atoms with E-state index < -0.39 is 0 Å². The molecule has 0 unspecified atom stereocenters. The molecule has 0 saturated carbocycles. The zero-order valence-corrected chi connectivity index (χ0v) is 11.7. The van der Waals surface area contributed by atoms with Crippen LogP contribution in [0.1, 0.15) is 11.4 Å². The van der Waals surface area contributed by atoms with Crippen molar-refractivity contribution in [3.05, 3.63) is 59.9 Å². The van der Waals surface area contributed by atoms with Gasteiger partial charge in [-0.25, -0.2) is 4.98 Å². The molecule has 0 aliphatic carbocycles. The summed E-state index contributed by atoms with van der Waals surface area (Å²) >= 11 is 0. The summed E-state index contributed by atoms with van der Waals surface area (Å²) in [5.74, 6) is 2.20. The molecule has 2 aromatic carbocycles. The Morgan fingerprint density at radius 2 is 1.86 bits per heavy atom. The number of rotatable bonds is 4. The summed E-state index contributed by atoms with van der Waals surface area (Å²) in [6.07, 6.45) is 0.683. The number of aromatic nitrogens is 3. The SMILES string of the molecule is COc1ccccc1-c1n[nH]c(Cc2ccc(N)cc2)n1. The fraction of sp³-hybridized carbons (Fsp3) is 0.125. The molecule has 5 nitrogen and oxygen atoms in total. The van der Waals surface area contributed by atoms with E-state index in [0.717, 1.165) is 28.4 Å². The van der Waals surface area contributed by atoms with Gasteiger partial charge in [-0.05, 0) is 29.8 Å². The van der Waals surface area contributed by atoms with Crippen LogP contribution in [0.2, 0.25) is 0 Å². The number of H-pyrrole nitrogens is 1. The minimum atomic E-state index is 0.637. The van der Waals surface area contributed by atoms with Crippen LogP contribution in [0.3, 0.4) is 0 Å². The molecule has 106 valence electrons. The number of anilines is 1. The monoisotopic (exact) mass is 280 g/mol. The van der Waals surface area contributed by atoms with Crippen LogP contribution in [-0.2, 0) is 6.42 Å². The van der Waals surface area contributed by atoms with Gasteiger partial charge in [0.05, 0.1) is 12.7 Å². The molecule has 0 radical (unpaired) electrons. The highest BCUT2D eigenvalue weighted by Gasteiger charge is 2.10. The molecule has 0 amide bonds. The molecular weight excluding hydrogens is 264 g/mol. The first-order valence-corrected chi connectivity index (χ1v) is 6.65. The second-order valence-electron chi connectivity index (χ2n) is 4.72. The topological polar surface area (TPSA) is 76.8 Å². The van der Waals surface area contributed by atoms with Crippen LogP contribution in [0, 0.1) is 0 Å². The van der Waals surface area contributed by atoms with Crippen molar-refractivity contribution in [1.82, 2.24) is 15.2 Å². The standard InChI is InChI=1S/C16H16N4O/c1-21-14-5-3-2-4-13(14)16-18-15(19-20-16)10-11-6-8-12(17)9-7-11/h2-9H,10,17H2,1H3,(H,18,19,20). The molecular formula is C16H16N4O. The highest BCUT2D eigenvalue weighted by molar-refractivity contribution is 5.63. The van der Waals surface area contributed by atoms with Gasteiger partial charge in [-0.15, -0.1) is 0 Å². The molecule has 0 saturated heterocycles. The number of para-hydroxylation sites is 1. The minimum absolute atomic E-state index is 0.637. The molecule has 0 spiro atoms. The van der Waals surface area contributed by atoms with E-state index >= 15 is 0 Å². The second-order valence-corrected chi connectivity index (χ2v) is 4.72. The van der Waals surface area contributed by atoms with Gasteiger partial charge in [0.1, 0.15) is 11.6 Å². The smallest absolute Gasteiger partial charge is 0.184 e. The van der Waals surface area contributed by atoms with Crippen LogP contribution in [-0.4, -0.2) is 22.3 Å². The molecule has 0 fully saturated rings. The predicted octanol–water partition coefficient (Wildman–Crippen LogP) is 2.65. The number of hydrogen-bond donors (Lipinski definition) is 2. The van der Waals surface area contributed by atoms with Gasteiger partial charge < -0.3 is 10.5 Å². The largest absolute Gasteiger partial charge is 0.496 e.